The van der Waals surface area contributed by atoms with Gasteiger partial charge in [0.25, 0.3) is 0 Å². The molecule has 0 aromatic heterocycles. The second kappa shape index (κ2) is 8.48. The number of ether oxygens (including phenoxy) is 1. The van der Waals surface area contributed by atoms with Gasteiger partial charge in [-0.1, -0.05) is 0 Å². The maximum absolute atomic E-state index is 13.1. The molecule has 0 bridgehead atoms. The molecule has 9 heteroatoms. The van der Waals surface area contributed by atoms with Crippen molar-refractivity contribution in [2.45, 2.75) is 19.8 Å². The zero-order valence-corrected chi connectivity index (χ0v) is 15.7. The van der Waals surface area contributed by atoms with E-state index in [4.69, 9.17) is 4.74 Å². The molecule has 7 nitrogen and oxygen atoms in total. The molecule has 1 saturated heterocycles. The summed E-state index contributed by atoms with van der Waals surface area (Å²) in [5.41, 5.74) is 0.226. The molecule has 1 amide bonds. The highest BCUT2D eigenvalue weighted by molar-refractivity contribution is 7.92. The van der Waals surface area contributed by atoms with Crippen molar-refractivity contribution >= 4 is 27.6 Å². The number of halogens is 1. The third-order valence-corrected chi connectivity index (χ3v) is 5.40. The molecule has 0 aliphatic carbocycles. The summed E-state index contributed by atoms with van der Waals surface area (Å²) in [6, 6.07) is 4.92. The number of piperidine rings is 1. The number of benzene rings is 1. The molecule has 26 heavy (non-hydrogen) atoms. The van der Waals surface area contributed by atoms with Crippen molar-refractivity contribution in [3.05, 3.63) is 30.1 Å². The van der Waals surface area contributed by atoms with Crippen LogP contribution < -0.4 is 4.31 Å². The number of hydrogen-bond donors (Lipinski definition) is 0. The van der Waals surface area contributed by atoms with Crippen LogP contribution in [-0.2, 0) is 24.3 Å². The minimum atomic E-state index is -3.71. The van der Waals surface area contributed by atoms with Crippen LogP contribution in [0.25, 0.3) is 0 Å². The number of likely N-dealkylation sites (tertiary alicyclic amines) is 1. The standard InChI is InChI=1S/C17H23FN2O5S/c1-3-25-17(22)13-8-10-19(11-9-13)16(21)12-20(26(2,23)24)15-6-4-14(18)5-7-15/h4-7,13H,3,8-12H2,1-2H3. The number of hydrogen-bond acceptors (Lipinski definition) is 5. The summed E-state index contributed by atoms with van der Waals surface area (Å²) in [4.78, 5) is 25.8. The maximum atomic E-state index is 13.1. The number of carbonyl (C=O) groups is 2. The van der Waals surface area contributed by atoms with Gasteiger partial charge in [0.15, 0.2) is 0 Å². The van der Waals surface area contributed by atoms with Gasteiger partial charge in [-0.2, -0.15) is 0 Å². The summed E-state index contributed by atoms with van der Waals surface area (Å²) in [6.07, 6.45) is 1.97. The van der Waals surface area contributed by atoms with E-state index in [2.05, 4.69) is 0 Å². The van der Waals surface area contributed by atoms with Gasteiger partial charge >= 0.3 is 5.97 Å². The number of carbonyl (C=O) groups excluding carboxylic acids is 2. The van der Waals surface area contributed by atoms with Gasteiger partial charge in [-0.15, -0.1) is 0 Å². The van der Waals surface area contributed by atoms with Crippen LogP contribution in [0.3, 0.4) is 0 Å². The summed E-state index contributed by atoms with van der Waals surface area (Å²) < 4.78 is 43.1. The Labute approximate surface area is 152 Å². The van der Waals surface area contributed by atoms with Crippen LogP contribution in [0.1, 0.15) is 19.8 Å². The summed E-state index contributed by atoms with van der Waals surface area (Å²) >= 11 is 0. The minimum absolute atomic E-state index is 0.226. The highest BCUT2D eigenvalue weighted by Crippen LogP contribution is 2.21. The largest absolute Gasteiger partial charge is 0.466 e. The lowest BCUT2D eigenvalue weighted by Crippen LogP contribution is -2.46. The number of nitrogens with zero attached hydrogens (tertiary/aromatic N) is 2. The number of anilines is 1. The van der Waals surface area contributed by atoms with Crippen molar-refractivity contribution in [1.82, 2.24) is 4.90 Å². The quantitative estimate of drug-likeness (QED) is 0.690. The van der Waals surface area contributed by atoms with Crippen LogP contribution >= 0.6 is 0 Å². The van der Waals surface area contributed by atoms with Crippen molar-refractivity contribution in [1.29, 1.82) is 0 Å². The number of sulfonamides is 1. The SMILES string of the molecule is CCOC(=O)C1CCN(C(=O)CN(c2ccc(F)cc2)S(C)(=O)=O)CC1. The molecule has 0 spiro atoms. The highest BCUT2D eigenvalue weighted by atomic mass is 32.2. The van der Waals surface area contributed by atoms with Gasteiger partial charge in [0.05, 0.1) is 24.5 Å². The Kier molecular flexibility index (Phi) is 6.57. The van der Waals surface area contributed by atoms with E-state index in [1.54, 1.807) is 6.92 Å². The third kappa shape index (κ3) is 5.17. The van der Waals surface area contributed by atoms with Crippen LogP contribution in [0.2, 0.25) is 0 Å². The Morgan fingerprint density at radius 1 is 1.23 bits per heavy atom. The van der Waals surface area contributed by atoms with E-state index in [1.807, 2.05) is 0 Å². The summed E-state index contributed by atoms with van der Waals surface area (Å²) in [5, 5.41) is 0. The number of esters is 1. The van der Waals surface area contributed by atoms with Gasteiger partial charge in [-0.05, 0) is 44.0 Å². The lowest BCUT2D eigenvalue weighted by atomic mass is 9.97. The monoisotopic (exact) mass is 386 g/mol. The molecule has 0 unspecified atom stereocenters. The Hall–Kier alpha value is -2.16. The van der Waals surface area contributed by atoms with Crippen molar-refractivity contribution < 1.29 is 27.1 Å². The molecule has 2 rings (SSSR count). The Morgan fingerprint density at radius 2 is 1.81 bits per heavy atom. The molecule has 0 radical (unpaired) electrons. The van der Waals surface area contributed by atoms with E-state index in [9.17, 15) is 22.4 Å². The second-order valence-electron chi connectivity index (χ2n) is 6.15. The Morgan fingerprint density at radius 3 is 2.31 bits per heavy atom. The summed E-state index contributed by atoms with van der Waals surface area (Å²) in [6.45, 7) is 2.42. The van der Waals surface area contributed by atoms with E-state index >= 15 is 0 Å². The average Bonchev–Trinajstić information content (AvgIpc) is 2.60. The first-order valence-electron chi connectivity index (χ1n) is 8.40. The number of rotatable bonds is 6. The van der Waals surface area contributed by atoms with Crippen molar-refractivity contribution in [2.75, 3.05) is 36.8 Å². The zero-order valence-electron chi connectivity index (χ0n) is 14.9. The average molecular weight is 386 g/mol. The molecule has 1 heterocycles. The maximum Gasteiger partial charge on any atom is 0.309 e. The molecule has 1 aliphatic heterocycles. The van der Waals surface area contributed by atoms with Crippen LogP contribution in [0, 0.1) is 11.7 Å². The fourth-order valence-electron chi connectivity index (χ4n) is 2.85. The van der Waals surface area contributed by atoms with E-state index in [-0.39, 0.29) is 30.0 Å². The van der Waals surface area contributed by atoms with Crippen molar-refractivity contribution in [3.8, 4) is 0 Å². The predicted molar refractivity (Wildman–Crippen MR) is 94.5 cm³/mol. The number of amides is 1. The first kappa shape index (κ1) is 20.2. The predicted octanol–water partition coefficient (Wildman–Crippen LogP) is 1.39. The lowest BCUT2D eigenvalue weighted by molar-refractivity contribution is -0.151. The molecule has 144 valence electrons. The highest BCUT2D eigenvalue weighted by Gasteiger charge is 2.30. The fourth-order valence-corrected chi connectivity index (χ4v) is 3.70. The first-order valence-corrected chi connectivity index (χ1v) is 10.2. The topological polar surface area (TPSA) is 84.0 Å². The van der Waals surface area contributed by atoms with Gasteiger partial charge in [-0.3, -0.25) is 13.9 Å². The second-order valence-corrected chi connectivity index (χ2v) is 8.06. The molecule has 1 aromatic rings. The van der Waals surface area contributed by atoms with Gasteiger partial charge in [0.2, 0.25) is 15.9 Å². The molecule has 1 fully saturated rings. The molecular weight excluding hydrogens is 363 g/mol. The summed E-state index contributed by atoms with van der Waals surface area (Å²) in [7, 11) is -3.71. The molecule has 0 saturated carbocycles. The summed E-state index contributed by atoms with van der Waals surface area (Å²) in [5.74, 6) is -1.34. The molecule has 0 atom stereocenters. The normalized spacial score (nSPS) is 15.6. The first-order chi connectivity index (χ1) is 12.2. The van der Waals surface area contributed by atoms with Gasteiger partial charge < -0.3 is 9.64 Å². The van der Waals surface area contributed by atoms with E-state index in [1.165, 1.54) is 17.0 Å². The van der Waals surface area contributed by atoms with Gasteiger partial charge in [0.1, 0.15) is 12.4 Å². The van der Waals surface area contributed by atoms with E-state index in [0.717, 1.165) is 22.7 Å². The Balaban J connectivity index is 2.02. The zero-order chi connectivity index (χ0) is 19.3. The minimum Gasteiger partial charge on any atom is -0.466 e. The molecule has 1 aromatic carbocycles. The van der Waals surface area contributed by atoms with Gasteiger partial charge in [-0.25, -0.2) is 12.8 Å². The van der Waals surface area contributed by atoms with Crippen LogP contribution in [0.5, 0.6) is 0 Å². The smallest absolute Gasteiger partial charge is 0.309 e. The Bertz CT molecular complexity index is 743. The van der Waals surface area contributed by atoms with Crippen molar-refractivity contribution in [2.24, 2.45) is 5.92 Å². The molecule has 1 aliphatic rings. The van der Waals surface area contributed by atoms with Gasteiger partial charge in [0, 0.05) is 13.1 Å². The van der Waals surface area contributed by atoms with Crippen LogP contribution in [-0.4, -0.2) is 57.7 Å². The molecule has 0 N–H and O–H groups in total. The lowest BCUT2D eigenvalue weighted by Gasteiger charge is -2.32. The molecular formula is C17H23FN2O5S. The van der Waals surface area contributed by atoms with Crippen molar-refractivity contribution in [3.63, 3.8) is 0 Å². The van der Waals surface area contributed by atoms with E-state index < -0.39 is 15.8 Å². The van der Waals surface area contributed by atoms with E-state index in [0.29, 0.717) is 32.5 Å². The van der Waals surface area contributed by atoms with Crippen LogP contribution in [0.15, 0.2) is 24.3 Å². The fraction of sp³-hybridized carbons (Fsp3) is 0.529. The van der Waals surface area contributed by atoms with Crippen LogP contribution in [0.4, 0.5) is 10.1 Å². The third-order valence-electron chi connectivity index (χ3n) is 4.26.